The van der Waals surface area contributed by atoms with E-state index < -0.39 is 15.9 Å². The third kappa shape index (κ3) is 4.59. The predicted molar refractivity (Wildman–Crippen MR) is 124 cm³/mol. The van der Waals surface area contributed by atoms with Crippen molar-refractivity contribution in [3.05, 3.63) is 102 Å². The molecule has 0 aliphatic carbocycles. The Bertz CT molecular complexity index is 1430. The molecule has 4 rings (SSSR count). The Kier molecular flexibility index (Phi) is 5.91. The lowest BCUT2D eigenvalue weighted by Gasteiger charge is -2.08. The standard InChI is InChI=1S/C24H20N4O4S/c1-28-22(16-8-4-2-5-9-16)20(23(29)17-10-6-3-7-11-17)21(27-28)24(30)26-18-12-14-19(15-13-18)33(25,31)32/h2-15H,1H3,(H,26,30)(H2,25,31,32). The molecule has 0 fully saturated rings. The van der Waals surface area contributed by atoms with Gasteiger partial charge in [-0.05, 0) is 24.3 Å². The number of benzene rings is 3. The van der Waals surface area contributed by atoms with Crippen molar-refractivity contribution >= 4 is 27.4 Å². The highest BCUT2D eigenvalue weighted by molar-refractivity contribution is 7.89. The van der Waals surface area contributed by atoms with Crippen LogP contribution in [0.4, 0.5) is 5.69 Å². The summed E-state index contributed by atoms with van der Waals surface area (Å²) in [6.07, 6.45) is 0. The van der Waals surface area contributed by atoms with Gasteiger partial charge in [0.1, 0.15) is 0 Å². The number of carbonyl (C=O) groups excluding carboxylic acids is 2. The highest BCUT2D eigenvalue weighted by Gasteiger charge is 2.28. The molecule has 1 aromatic heterocycles. The first-order chi connectivity index (χ1) is 15.8. The number of aryl methyl sites for hydroxylation is 1. The number of hydrogen-bond donors (Lipinski definition) is 2. The molecule has 33 heavy (non-hydrogen) atoms. The van der Waals surface area contributed by atoms with Crippen LogP contribution in [-0.4, -0.2) is 29.9 Å². The number of hydrogen-bond acceptors (Lipinski definition) is 5. The number of anilines is 1. The third-order valence-electron chi connectivity index (χ3n) is 5.01. The maximum atomic E-state index is 13.5. The van der Waals surface area contributed by atoms with Crippen molar-refractivity contribution in [2.75, 3.05) is 5.32 Å². The van der Waals surface area contributed by atoms with Crippen LogP contribution >= 0.6 is 0 Å². The maximum absolute atomic E-state index is 13.5. The molecule has 8 nitrogen and oxygen atoms in total. The Morgan fingerprint density at radius 3 is 2.03 bits per heavy atom. The Hall–Kier alpha value is -4.08. The fourth-order valence-electron chi connectivity index (χ4n) is 3.48. The minimum Gasteiger partial charge on any atom is -0.321 e. The molecule has 0 atom stereocenters. The third-order valence-corrected chi connectivity index (χ3v) is 5.94. The van der Waals surface area contributed by atoms with E-state index in [2.05, 4.69) is 10.4 Å². The summed E-state index contributed by atoms with van der Waals surface area (Å²) in [4.78, 5) is 26.6. The van der Waals surface area contributed by atoms with Gasteiger partial charge in [0.15, 0.2) is 11.5 Å². The van der Waals surface area contributed by atoms with Crippen molar-refractivity contribution in [1.82, 2.24) is 9.78 Å². The summed E-state index contributed by atoms with van der Waals surface area (Å²) < 4.78 is 24.4. The molecule has 0 spiro atoms. The lowest BCUT2D eigenvalue weighted by atomic mass is 9.97. The Labute approximate surface area is 190 Å². The van der Waals surface area contributed by atoms with Crippen molar-refractivity contribution in [1.29, 1.82) is 0 Å². The van der Waals surface area contributed by atoms with E-state index in [4.69, 9.17) is 5.14 Å². The Balaban J connectivity index is 1.78. The molecule has 0 radical (unpaired) electrons. The van der Waals surface area contributed by atoms with E-state index in [0.717, 1.165) is 5.56 Å². The van der Waals surface area contributed by atoms with Crippen LogP contribution in [0.1, 0.15) is 26.4 Å². The fourth-order valence-corrected chi connectivity index (χ4v) is 3.99. The van der Waals surface area contributed by atoms with Crippen LogP contribution in [0.3, 0.4) is 0 Å². The first-order valence-corrected chi connectivity index (χ1v) is 11.5. The quantitative estimate of drug-likeness (QED) is 0.428. The molecular weight excluding hydrogens is 440 g/mol. The van der Waals surface area contributed by atoms with Gasteiger partial charge in [-0.15, -0.1) is 0 Å². The summed E-state index contributed by atoms with van der Waals surface area (Å²) in [7, 11) is -2.19. The summed E-state index contributed by atoms with van der Waals surface area (Å²) in [5, 5.41) is 12.1. The second kappa shape index (κ2) is 8.81. The molecule has 0 aliphatic rings. The van der Waals surface area contributed by atoms with Gasteiger partial charge in [-0.3, -0.25) is 14.3 Å². The van der Waals surface area contributed by atoms with Gasteiger partial charge in [-0.25, -0.2) is 13.6 Å². The fraction of sp³-hybridized carbons (Fsp3) is 0.0417. The highest BCUT2D eigenvalue weighted by Crippen LogP contribution is 2.29. The van der Waals surface area contributed by atoms with Gasteiger partial charge >= 0.3 is 0 Å². The van der Waals surface area contributed by atoms with E-state index in [0.29, 0.717) is 16.9 Å². The summed E-state index contributed by atoms with van der Waals surface area (Å²) in [5.41, 5.74) is 2.14. The van der Waals surface area contributed by atoms with E-state index in [1.54, 1.807) is 37.4 Å². The zero-order valence-electron chi connectivity index (χ0n) is 17.6. The molecule has 0 saturated carbocycles. The van der Waals surface area contributed by atoms with E-state index in [9.17, 15) is 18.0 Å². The number of aromatic nitrogens is 2. The largest absolute Gasteiger partial charge is 0.321 e. The van der Waals surface area contributed by atoms with Gasteiger partial charge in [0.05, 0.1) is 16.2 Å². The zero-order valence-corrected chi connectivity index (χ0v) is 18.4. The van der Waals surface area contributed by atoms with Gasteiger partial charge in [0.2, 0.25) is 10.0 Å². The normalized spacial score (nSPS) is 11.2. The minimum absolute atomic E-state index is 0.0410. The molecule has 3 N–H and O–H groups in total. The predicted octanol–water partition coefficient (Wildman–Crippen LogP) is 3.22. The number of carbonyl (C=O) groups is 2. The topological polar surface area (TPSA) is 124 Å². The molecule has 0 unspecified atom stereocenters. The van der Waals surface area contributed by atoms with Crippen molar-refractivity contribution in [3.63, 3.8) is 0 Å². The van der Waals surface area contributed by atoms with Crippen LogP contribution < -0.4 is 10.5 Å². The van der Waals surface area contributed by atoms with E-state index in [-0.39, 0.29) is 21.9 Å². The summed E-state index contributed by atoms with van der Waals surface area (Å²) in [6, 6.07) is 23.3. The van der Waals surface area contributed by atoms with Gasteiger partial charge in [-0.1, -0.05) is 60.7 Å². The first-order valence-electron chi connectivity index (χ1n) is 9.92. The number of sulfonamides is 1. The Morgan fingerprint density at radius 2 is 1.45 bits per heavy atom. The molecule has 4 aromatic rings. The number of amides is 1. The highest BCUT2D eigenvalue weighted by atomic mass is 32.2. The van der Waals surface area contributed by atoms with Crippen LogP contribution in [0.15, 0.2) is 89.8 Å². The number of nitrogens with one attached hydrogen (secondary N) is 1. The van der Waals surface area contributed by atoms with E-state index in [1.165, 1.54) is 28.9 Å². The van der Waals surface area contributed by atoms with Gasteiger partial charge < -0.3 is 5.32 Å². The lowest BCUT2D eigenvalue weighted by molar-refractivity contribution is 0.0993. The van der Waals surface area contributed by atoms with Crippen molar-refractivity contribution < 1.29 is 18.0 Å². The van der Waals surface area contributed by atoms with Crippen LogP contribution in [-0.2, 0) is 17.1 Å². The van der Waals surface area contributed by atoms with Crippen LogP contribution in [0.2, 0.25) is 0 Å². The molecule has 9 heteroatoms. The van der Waals surface area contributed by atoms with E-state index >= 15 is 0 Å². The Morgan fingerprint density at radius 1 is 0.879 bits per heavy atom. The van der Waals surface area contributed by atoms with Crippen molar-refractivity contribution in [3.8, 4) is 11.3 Å². The monoisotopic (exact) mass is 460 g/mol. The van der Waals surface area contributed by atoms with Gasteiger partial charge in [0, 0.05) is 23.9 Å². The lowest BCUT2D eigenvalue weighted by Crippen LogP contribution is -2.17. The number of nitrogens with two attached hydrogens (primary N) is 1. The first kappa shape index (κ1) is 22.1. The summed E-state index contributed by atoms with van der Waals surface area (Å²) >= 11 is 0. The molecule has 0 aliphatic heterocycles. The van der Waals surface area contributed by atoms with Gasteiger partial charge in [0.25, 0.3) is 5.91 Å². The van der Waals surface area contributed by atoms with Crippen LogP contribution in [0, 0.1) is 0 Å². The average molecular weight is 461 g/mol. The second-order valence-corrected chi connectivity index (χ2v) is 8.84. The molecule has 166 valence electrons. The zero-order chi connectivity index (χ0) is 23.6. The van der Waals surface area contributed by atoms with Crippen LogP contribution in [0.5, 0.6) is 0 Å². The number of nitrogens with zero attached hydrogens (tertiary/aromatic N) is 2. The summed E-state index contributed by atoms with van der Waals surface area (Å²) in [6.45, 7) is 0. The minimum atomic E-state index is -3.85. The summed E-state index contributed by atoms with van der Waals surface area (Å²) in [5.74, 6) is -0.937. The number of primary sulfonamides is 1. The average Bonchev–Trinajstić information content (AvgIpc) is 3.16. The molecule has 1 heterocycles. The maximum Gasteiger partial charge on any atom is 0.276 e. The van der Waals surface area contributed by atoms with Crippen LogP contribution in [0.25, 0.3) is 11.3 Å². The smallest absolute Gasteiger partial charge is 0.276 e. The second-order valence-electron chi connectivity index (χ2n) is 7.28. The number of ketones is 1. The van der Waals surface area contributed by atoms with Crippen molar-refractivity contribution in [2.24, 2.45) is 12.2 Å². The molecule has 0 bridgehead atoms. The molecular formula is C24H20N4O4S. The van der Waals surface area contributed by atoms with Gasteiger partial charge in [-0.2, -0.15) is 5.10 Å². The molecule has 3 aromatic carbocycles. The molecule has 0 saturated heterocycles. The molecule has 1 amide bonds. The van der Waals surface area contributed by atoms with E-state index in [1.807, 2.05) is 30.3 Å². The van der Waals surface area contributed by atoms with Crippen molar-refractivity contribution in [2.45, 2.75) is 4.90 Å². The SMILES string of the molecule is Cn1nc(C(=O)Nc2ccc(S(N)(=O)=O)cc2)c(C(=O)c2ccccc2)c1-c1ccccc1. The number of rotatable bonds is 6.